The third kappa shape index (κ3) is 3.02. The summed E-state index contributed by atoms with van der Waals surface area (Å²) >= 11 is 0. The Morgan fingerprint density at radius 2 is 1.65 bits per heavy atom. The van der Waals surface area contributed by atoms with E-state index >= 15 is 0 Å². The Morgan fingerprint density at radius 3 is 2.22 bits per heavy atom. The van der Waals surface area contributed by atoms with Gasteiger partial charge in [-0.05, 0) is 38.8 Å². The smallest absolute Gasteiger partial charge is 0.346 e. The van der Waals surface area contributed by atoms with E-state index in [1.807, 2.05) is 82.3 Å². The molecular formula is C20H22O3. The Hall–Kier alpha value is -2.13. The first-order chi connectivity index (χ1) is 10.8. The van der Waals surface area contributed by atoms with E-state index in [1.165, 1.54) is 5.56 Å². The van der Waals surface area contributed by atoms with Crippen molar-refractivity contribution in [2.45, 2.75) is 45.0 Å². The molecule has 0 saturated carbocycles. The fourth-order valence-electron chi connectivity index (χ4n) is 2.73. The third-order valence-corrected chi connectivity index (χ3v) is 3.90. The molecule has 2 aromatic rings. The van der Waals surface area contributed by atoms with Gasteiger partial charge in [0.25, 0.3) is 0 Å². The molecule has 0 amide bonds. The summed E-state index contributed by atoms with van der Waals surface area (Å²) in [5.41, 5.74) is 1.41. The van der Waals surface area contributed by atoms with Crippen LogP contribution >= 0.6 is 0 Å². The minimum atomic E-state index is -1.04. The number of esters is 1. The Balaban J connectivity index is 1.97. The molecule has 2 aromatic carbocycles. The monoisotopic (exact) mass is 310 g/mol. The van der Waals surface area contributed by atoms with Crippen molar-refractivity contribution in [3.8, 4) is 0 Å². The Morgan fingerprint density at radius 1 is 1.04 bits per heavy atom. The van der Waals surface area contributed by atoms with Crippen molar-refractivity contribution in [2.24, 2.45) is 0 Å². The summed E-state index contributed by atoms with van der Waals surface area (Å²) < 4.78 is 11.6. The van der Waals surface area contributed by atoms with Crippen molar-refractivity contribution >= 4 is 5.97 Å². The fraction of sp³-hybridized carbons (Fsp3) is 0.350. The second kappa shape index (κ2) is 5.50. The van der Waals surface area contributed by atoms with Gasteiger partial charge in [0.15, 0.2) is 0 Å². The lowest BCUT2D eigenvalue weighted by Crippen LogP contribution is -2.33. The molecule has 0 radical (unpaired) electrons. The molecule has 2 unspecified atom stereocenters. The van der Waals surface area contributed by atoms with Crippen LogP contribution in [-0.4, -0.2) is 11.6 Å². The van der Waals surface area contributed by atoms with Gasteiger partial charge in [0, 0.05) is 0 Å². The van der Waals surface area contributed by atoms with E-state index in [-0.39, 0.29) is 12.1 Å². The standard InChI is InChI=1S/C20H22O3/c1-14-10-12-15(13-11-14)17-20(22-17,16-8-6-5-7-9-16)18(21)23-19(2,3)4/h5-13,17H,1-4H3. The van der Waals surface area contributed by atoms with Crippen molar-refractivity contribution in [1.29, 1.82) is 0 Å². The number of carbonyl (C=O) groups excluding carboxylic acids is 1. The lowest BCUT2D eigenvalue weighted by Gasteiger charge is -2.23. The van der Waals surface area contributed by atoms with E-state index < -0.39 is 11.2 Å². The summed E-state index contributed by atoms with van der Waals surface area (Å²) in [5.74, 6) is -0.332. The van der Waals surface area contributed by atoms with Crippen molar-refractivity contribution in [3.63, 3.8) is 0 Å². The van der Waals surface area contributed by atoms with Gasteiger partial charge in [0.2, 0.25) is 5.60 Å². The Labute approximate surface area is 137 Å². The molecule has 3 nitrogen and oxygen atoms in total. The van der Waals surface area contributed by atoms with E-state index in [2.05, 4.69) is 0 Å². The first kappa shape index (κ1) is 15.8. The molecular weight excluding hydrogens is 288 g/mol. The summed E-state index contributed by atoms with van der Waals surface area (Å²) in [5, 5.41) is 0. The number of ether oxygens (including phenoxy) is 2. The Bertz CT molecular complexity index is 698. The predicted molar refractivity (Wildman–Crippen MR) is 89.0 cm³/mol. The molecule has 1 heterocycles. The third-order valence-electron chi connectivity index (χ3n) is 3.90. The lowest BCUT2D eigenvalue weighted by atomic mass is 9.91. The first-order valence-electron chi connectivity index (χ1n) is 7.86. The minimum absolute atomic E-state index is 0.305. The molecule has 0 spiro atoms. The van der Waals surface area contributed by atoms with Crippen LogP contribution in [0.15, 0.2) is 54.6 Å². The summed E-state index contributed by atoms with van der Waals surface area (Å²) in [6.07, 6.45) is -0.305. The summed E-state index contributed by atoms with van der Waals surface area (Å²) in [4.78, 5) is 12.8. The van der Waals surface area contributed by atoms with Crippen molar-refractivity contribution in [2.75, 3.05) is 0 Å². The van der Waals surface area contributed by atoms with Crippen LogP contribution in [-0.2, 0) is 19.9 Å². The van der Waals surface area contributed by atoms with E-state index in [1.54, 1.807) is 0 Å². The van der Waals surface area contributed by atoms with Crippen LogP contribution in [0.1, 0.15) is 43.6 Å². The first-order valence-corrected chi connectivity index (χ1v) is 7.86. The van der Waals surface area contributed by atoms with E-state index in [0.29, 0.717) is 0 Å². The van der Waals surface area contributed by atoms with Crippen LogP contribution < -0.4 is 0 Å². The topological polar surface area (TPSA) is 38.8 Å². The van der Waals surface area contributed by atoms with Gasteiger partial charge in [-0.25, -0.2) is 4.79 Å². The predicted octanol–water partition coefficient (Wildman–Crippen LogP) is 4.30. The van der Waals surface area contributed by atoms with Crippen molar-refractivity contribution in [3.05, 3.63) is 71.3 Å². The van der Waals surface area contributed by atoms with E-state index in [4.69, 9.17) is 9.47 Å². The van der Waals surface area contributed by atoms with Crippen LogP contribution in [0.2, 0.25) is 0 Å². The molecule has 3 heteroatoms. The van der Waals surface area contributed by atoms with Crippen LogP contribution in [0.3, 0.4) is 0 Å². The van der Waals surface area contributed by atoms with E-state index in [9.17, 15) is 4.79 Å². The van der Waals surface area contributed by atoms with Gasteiger partial charge in [0.05, 0.1) is 0 Å². The zero-order chi connectivity index (χ0) is 16.7. The van der Waals surface area contributed by atoms with Gasteiger partial charge < -0.3 is 9.47 Å². The maximum absolute atomic E-state index is 12.8. The van der Waals surface area contributed by atoms with Gasteiger partial charge in [-0.1, -0.05) is 60.2 Å². The van der Waals surface area contributed by atoms with Gasteiger partial charge in [-0.3, -0.25) is 0 Å². The quantitative estimate of drug-likeness (QED) is 0.626. The number of epoxide rings is 1. The zero-order valence-electron chi connectivity index (χ0n) is 14.0. The normalized spacial score (nSPS) is 23.4. The molecule has 2 atom stereocenters. The largest absolute Gasteiger partial charge is 0.457 e. The number of carbonyl (C=O) groups is 1. The molecule has 0 N–H and O–H groups in total. The maximum Gasteiger partial charge on any atom is 0.346 e. The molecule has 1 saturated heterocycles. The molecule has 0 bridgehead atoms. The Kier molecular flexibility index (Phi) is 3.77. The zero-order valence-corrected chi connectivity index (χ0v) is 14.0. The summed E-state index contributed by atoms with van der Waals surface area (Å²) in [6, 6.07) is 17.7. The molecule has 1 fully saturated rings. The molecule has 1 aliphatic rings. The molecule has 23 heavy (non-hydrogen) atoms. The SMILES string of the molecule is Cc1ccc(C2OC2(C(=O)OC(C)(C)C)c2ccccc2)cc1. The maximum atomic E-state index is 12.8. The molecule has 120 valence electrons. The van der Waals surface area contributed by atoms with Gasteiger partial charge in [0.1, 0.15) is 11.7 Å². The molecule has 1 aliphatic heterocycles. The van der Waals surface area contributed by atoms with Crippen LogP contribution in [0.25, 0.3) is 0 Å². The average Bonchev–Trinajstić information content (AvgIpc) is 3.24. The molecule has 0 aliphatic carbocycles. The van der Waals surface area contributed by atoms with Gasteiger partial charge in [-0.2, -0.15) is 0 Å². The summed E-state index contributed by atoms with van der Waals surface area (Å²) in [7, 11) is 0. The number of rotatable bonds is 3. The second-order valence-corrected chi connectivity index (χ2v) is 7.01. The molecule has 0 aromatic heterocycles. The van der Waals surface area contributed by atoms with E-state index in [0.717, 1.165) is 11.1 Å². The molecule has 3 rings (SSSR count). The van der Waals surface area contributed by atoms with Gasteiger partial charge >= 0.3 is 5.97 Å². The fourth-order valence-corrected chi connectivity index (χ4v) is 2.73. The van der Waals surface area contributed by atoms with Crippen LogP contribution in [0.5, 0.6) is 0 Å². The number of hydrogen-bond donors (Lipinski definition) is 0. The van der Waals surface area contributed by atoms with Gasteiger partial charge in [-0.15, -0.1) is 0 Å². The van der Waals surface area contributed by atoms with Crippen LogP contribution in [0.4, 0.5) is 0 Å². The number of benzene rings is 2. The van der Waals surface area contributed by atoms with Crippen LogP contribution in [0, 0.1) is 6.92 Å². The number of aryl methyl sites for hydroxylation is 1. The highest BCUT2D eigenvalue weighted by molar-refractivity contribution is 5.86. The second-order valence-electron chi connectivity index (χ2n) is 7.01. The van der Waals surface area contributed by atoms with Crippen molar-refractivity contribution < 1.29 is 14.3 Å². The highest BCUT2D eigenvalue weighted by Crippen LogP contribution is 2.58. The highest BCUT2D eigenvalue weighted by atomic mass is 16.7. The highest BCUT2D eigenvalue weighted by Gasteiger charge is 2.66. The average molecular weight is 310 g/mol. The van der Waals surface area contributed by atoms with Crippen molar-refractivity contribution in [1.82, 2.24) is 0 Å². The minimum Gasteiger partial charge on any atom is -0.457 e. The lowest BCUT2D eigenvalue weighted by molar-refractivity contribution is -0.162. The number of hydrogen-bond acceptors (Lipinski definition) is 3. The summed E-state index contributed by atoms with van der Waals surface area (Å²) in [6.45, 7) is 7.64.